The molecule has 0 aliphatic heterocycles. The first-order chi connectivity index (χ1) is 16.2. The maximum Gasteiger partial charge on any atom is 0.230 e. The number of aromatic nitrogens is 2. The number of hydrogen-bond acceptors (Lipinski definition) is 3. The zero-order valence-electron chi connectivity index (χ0n) is 17.7. The van der Waals surface area contributed by atoms with E-state index in [1.807, 2.05) is 72.8 Å². The van der Waals surface area contributed by atoms with Gasteiger partial charge in [0.25, 0.3) is 0 Å². The fraction of sp³-hybridized carbons (Fsp3) is 0.0357. The number of nitrogens with one attached hydrogen (secondary N) is 1. The Hall–Kier alpha value is -4.38. The van der Waals surface area contributed by atoms with E-state index in [0.717, 1.165) is 27.5 Å². The van der Waals surface area contributed by atoms with Gasteiger partial charge in [-0.05, 0) is 40.6 Å². The van der Waals surface area contributed by atoms with E-state index in [2.05, 4.69) is 10.3 Å². The second-order valence-electron chi connectivity index (χ2n) is 7.73. The van der Waals surface area contributed by atoms with Gasteiger partial charge < -0.3 is 5.32 Å². The topological polar surface area (TPSA) is 54.9 Å². The van der Waals surface area contributed by atoms with Crippen LogP contribution in [-0.4, -0.2) is 15.9 Å². The number of fused-ring (bicyclic) bond motifs is 1. The molecule has 0 spiro atoms. The van der Waals surface area contributed by atoms with Crippen molar-refractivity contribution in [2.75, 3.05) is 5.32 Å². The van der Waals surface area contributed by atoms with Crippen molar-refractivity contribution in [3.05, 3.63) is 115 Å². The zero-order chi connectivity index (χ0) is 22.6. The third-order valence-corrected chi connectivity index (χ3v) is 5.40. The molecule has 1 heterocycles. The first-order valence-electron chi connectivity index (χ1n) is 10.6. The number of rotatable bonds is 5. The van der Waals surface area contributed by atoms with Gasteiger partial charge in [0.15, 0.2) is 5.82 Å². The molecule has 0 saturated carbocycles. The van der Waals surface area contributed by atoms with Crippen molar-refractivity contribution < 1.29 is 9.18 Å². The highest BCUT2D eigenvalue weighted by Gasteiger charge is 2.14. The molecule has 1 amide bonds. The zero-order valence-corrected chi connectivity index (χ0v) is 17.7. The molecular weight excluding hydrogens is 413 g/mol. The van der Waals surface area contributed by atoms with Crippen molar-refractivity contribution in [2.24, 2.45) is 0 Å². The first kappa shape index (κ1) is 20.5. The molecule has 0 saturated heterocycles. The van der Waals surface area contributed by atoms with Crippen LogP contribution in [0.2, 0.25) is 0 Å². The Morgan fingerprint density at radius 2 is 1.52 bits per heavy atom. The van der Waals surface area contributed by atoms with Gasteiger partial charge in [-0.3, -0.25) is 4.79 Å². The van der Waals surface area contributed by atoms with E-state index in [1.165, 1.54) is 12.1 Å². The van der Waals surface area contributed by atoms with Gasteiger partial charge >= 0.3 is 0 Å². The van der Waals surface area contributed by atoms with Gasteiger partial charge in [0.2, 0.25) is 5.91 Å². The summed E-state index contributed by atoms with van der Waals surface area (Å²) in [6.45, 7) is 0. The van der Waals surface area contributed by atoms with Crippen LogP contribution in [0, 0.1) is 5.82 Å². The smallest absolute Gasteiger partial charge is 0.230 e. The number of amides is 1. The molecule has 0 radical (unpaired) electrons. The molecule has 160 valence electrons. The van der Waals surface area contributed by atoms with Crippen LogP contribution in [0.1, 0.15) is 5.56 Å². The monoisotopic (exact) mass is 433 g/mol. The summed E-state index contributed by atoms with van der Waals surface area (Å²) in [5.74, 6) is -0.100. The summed E-state index contributed by atoms with van der Waals surface area (Å²) in [4.78, 5) is 22.1. The van der Waals surface area contributed by atoms with Crippen molar-refractivity contribution in [3.8, 4) is 22.5 Å². The van der Waals surface area contributed by atoms with Gasteiger partial charge in [0.05, 0.1) is 18.3 Å². The SMILES string of the molecule is O=C(Cc1ccc2ccccc2c1)Nc1ncc(-c2ccc(F)cc2)nc1-c1ccccc1. The Labute approximate surface area is 190 Å². The van der Waals surface area contributed by atoms with Gasteiger partial charge in [-0.15, -0.1) is 0 Å². The van der Waals surface area contributed by atoms with Crippen molar-refractivity contribution in [1.82, 2.24) is 9.97 Å². The average Bonchev–Trinajstić information content (AvgIpc) is 2.85. The Bertz CT molecular complexity index is 1430. The van der Waals surface area contributed by atoms with E-state index in [1.54, 1.807) is 18.3 Å². The van der Waals surface area contributed by atoms with E-state index in [4.69, 9.17) is 4.98 Å². The number of nitrogens with zero attached hydrogens (tertiary/aromatic N) is 2. The molecule has 0 unspecified atom stereocenters. The third-order valence-electron chi connectivity index (χ3n) is 5.40. The molecule has 5 rings (SSSR count). The van der Waals surface area contributed by atoms with E-state index >= 15 is 0 Å². The molecule has 4 aromatic carbocycles. The molecule has 0 atom stereocenters. The largest absolute Gasteiger partial charge is 0.309 e. The van der Waals surface area contributed by atoms with E-state index < -0.39 is 0 Å². The minimum absolute atomic E-state index is 0.175. The minimum Gasteiger partial charge on any atom is -0.309 e. The van der Waals surface area contributed by atoms with Crippen LogP contribution < -0.4 is 5.32 Å². The summed E-state index contributed by atoms with van der Waals surface area (Å²) in [6, 6.07) is 29.7. The lowest BCUT2D eigenvalue weighted by atomic mass is 10.0. The van der Waals surface area contributed by atoms with Gasteiger partial charge in [0, 0.05) is 11.1 Å². The molecule has 4 nitrogen and oxygen atoms in total. The summed E-state index contributed by atoms with van der Waals surface area (Å²) >= 11 is 0. The van der Waals surface area contributed by atoms with Crippen LogP contribution in [0.5, 0.6) is 0 Å². The van der Waals surface area contributed by atoms with E-state index in [0.29, 0.717) is 17.2 Å². The second-order valence-corrected chi connectivity index (χ2v) is 7.73. The summed E-state index contributed by atoms with van der Waals surface area (Å²) in [7, 11) is 0. The van der Waals surface area contributed by atoms with Crippen molar-refractivity contribution >= 4 is 22.5 Å². The fourth-order valence-electron chi connectivity index (χ4n) is 3.75. The van der Waals surface area contributed by atoms with Gasteiger partial charge in [-0.25, -0.2) is 14.4 Å². The second kappa shape index (κ2) is 9.01. The van der Waals surface area contributed by atoms with Gasteiger partial charge in [-0.2, -0.15) is 0 Å². The number of carbonyl (C=O) groups excluding carboxylic acids is 1. The Balaban J connectivity index is 1.44. The highest BCUT2D eigenvalue weighted by molar-refractivity contribution is 5.95. The van der Waals surface area contributed by atoms with Crippen LogP contribution in [-0.2, 0) is 11.2 Å². The molecule has 0 aliphatic carbocycles. The predicted molar refractivity (Wildman–Crippen MR) is 129 cm³/mol. The number of anilines is 1. The van der Waals surface area contributed by atoms with Gasteiger partial charge in [-0.1, -0.05) is 72.8 Å². The number of hydrogen-bond donors (Lipinski definition) is 1. The third kappa shape index (κ3) is 4.62. The standard InChI is InChI=1S/C28H20FN3O/c29-24-14-12-21(13-15-24)25-18-30-28(27(31-25)22-7-2-1-3-8-22)32-26(33)17-19-10-11-20-6-4-5-9-23(20)16-19/h1-16,18H,17H2,(H,30,32,33). The maximum atomic E-state index is 13.3. The van der Waals surface area contributed by atoms with Gasteiger partial charge in [0.1, 0.15) is 11.5 Å². The molecule has 0 aliphatic rings. The number of carbonyl (C=O) groups is 1. The lowest BCUT2D eigenvalue weighted by molar-refractivity contribution is -0.115. The lowest BCUT2D eigenvalue weighted by Gasteiger charge is -2.12. The molecule has 0 bridgehead atoms. The Kier molecular flexibility index (Phi) is 5.60. The molecule has 33 heavy (non-hydrogen) atoms. The van der Waals surface area contributed by atoms with E-state index in [-0.39, 0.29) is 18.1 Å². The quantitative estimate of drug-likeness (QED) is 0.355. The molecule has 1 N–H and O–H groups in total. The number of halogens is 1. The Morgan fingerprint density at radius 3 is 2.30 bits per heavy atom. The van der Waals surface area contributed by atoms with Crippen LogP contribution in [0.3, 0.4) is 0 Å². The number of benzene rings is 4. The summed E-state index contributed by atoms with van der Waals surface area (Å²) in [6.07, 6.45) is 1.81. The molecular formula is C28H20FN3O. The fourth-order valence-corrected chi connectivity index (χ4v) is 3.75. The summed E-state index contributed by atoms with van der Waals surface area (Å²) in [5, 5.41) is 5.15. The molecule has 5 aromatic rings. The minimum atomic E-state index is -0.312. The van der Waals surface area contributed by atoms with Crippen LogP contribution in [0.15, 0.2) is 103 Å². The average molecular weight is 433 g/mol. The Morgan fingerprint density at radius 1 is 0.788 bits per heavy atom. The molecule has 0 fully saturated rings. The van der Waals surface area contributed by atoms with Crippen LogP contribution in [0.4, 0.5) is 10.2 Å². The van der Waals surface area contributed by atoms with Crippen LogP contribution in [0.25, 0.3) is 33.3 Å². The normalized spacial score (nSPS) is 10.8. The predicted octanol–water partition coefficient (Wildman–Crippen LogP) is 6.28. The maximum absolute atomic E-state index is 13.3. The highest BCUT2D eigenvalue weighted by atomic mass is 19.1. The molecule has 1 aromatic heterocycles. The summed E-state index contributed by atoms with van der Waals surface area (Å²) < 4.78 is 13.3. The van der Waals surface area contributed by atoms with Crippen molar-refractivity contribution in [3.63, 3.8) is 0 Å². The van der Waals surface area contributed by atoms with Crippen molar-refractivity contribution in [1.29, 1.82) is 0 Å². The molecule has 5 heteroatoms. The van der Waals surface area contributed by atoms with E-state index in [9.17, 15) is 9.18 Å². The van der Waals surface area contributed by atoms with Crippen molar-refractivity contribution in [2.45, 2.75) is 6.42 Å². The highest BCUT2D eigenvalue weighted by Crippen LogP contribution is 2.28. The lowest BCUT2D eigenvalue weighted by Crippen LogP contribution is -2.16. The first-order valence-corrected chi connectivity index (χ1v) is 10.6. The van der Waals surface area contributed by atoms with Crippen LogP contribution >= 0.6 is 0 Å². The summed E-state index contributed by atoms with van der Waals surface area (Å²) in [5.41, 5.74) is 3.65.